The lowest BCUT2D eigenvalue weighted by Crippen LogP contribution is -2.03. The van der Waals surface area contributed by atoms with E-state index >= 15 is 0 Å². The van der Waals surface area contributed by atoms with Gasteiger partial charge in [0.05, 0.1) is 6.61 Å². The van der Waals surface area contributed by atoms with Crippen molar-refractivity contribution in [1.29, 1.82) is 0 Å². The van der Waals surface area contributed by atoms with Crippen LogP contribution in [0.3, 0.4) is 0 Å². The number of carbonyl (C=O) groups excluding carboxylic acids is 1. The summed E-state index contributed by atoms with van der Waals surface area (Å²) >= 11 is 4.66. The molecule has 0 amide bonds. The normalized spacial score (nSPS) is 12.8. The fourth-order valence-electron chi connectivity index (χ4n) is 1.80. The second-order valence-corrected chi connectivity index (χ2v) is 6.09. The summed E-state index contributed by atoms with van der Waals surface area (Å²) in [7, 11) is 0. The van der Waals surface area contributed by atoms with E-state index in [9.17, 15) is 4.79 Å². The summed E-state index contributed by atoms with van der Waals surface area (Å²) in [4.78, 5) is 11.5. The molecule has 0 bridgehead atoms. The molecular weight excluding hydrogens is 372 g/mol. The van der Waals surface area contributed by atoms with Crippen molar-refractivity contribution in [2.24, 2.45) is 0 Å². The molecule has 0 spiro atoms. The zero-order valence-corrected chi connectivity index (χ0v) is 13.9. The Kier molecular flexibility index (Phi) is 4.39. The molecule has 0 saturated carbocycles. The van der Waals surface area contributed by atoms with E-state index in [0.717, 1.165) is 10.0 Å². The Morgan fingerprint density at radius 3 is 2.91 bits per heavy atom. The minimum atomic E-state index is -0.455. The number of ether oxygens (including phenoxy) is 3. The summed E-state index contributed by atoms with van der Waals surface area (Å²) in [5.41, 5.74) is 0.914. The van der Waals surface area contributed by atoms with Gasteiger partial charge < -0.3 is 14.2 Å². The second-order valence-electron chi connectivity index (χ2n) is 4.23. The number of hydrogen-bond acceptors (Lipinski definition) is 7. The van der Waals surface area contributed by atoms with Crippen LogP contribution in [0.5, 0.6) is 11.5 Å². The molecule has 1 aromatic carbocycles. The quantitative estimate of drug-likeness (QED) is 0.754. The van der Waals surface area contributed by atoms with Crippen molar-refractivity contribution in [2.45, 2.75) is 6.92 Å². The van der Waals surface area contributed by atoms with E-state index in [-0.39, 0.29) is 11.8 Å². The summed E-state index contributed by atoms with van der Waals surface area (Å²) in [6.07, 6.45) is 3.64. The van der Waals surface area contributed by atoms with Crippen LogP contribution in [-0.4, -0.2) is 29.6 Å². The Morgan fingerprint density at radius 1 is 1.36 bits per heavy atom. The molecule has 0 saturated heterocycles. The van der Waals surface area contributed by atoms with Crippen molar-refractivity contribution in [3.05, 3.63) is 32.2 Å². The average molecular weight is 383 g/mol. The van der Waals surface area contributed by atoms with Gasteiger partial charge in [0.1, 0.15) is 5.01 Å². The van der Waals surface area contributed by atoms with Gasteiger partial charge in [-0.1, -0.05) is 33.3 Å². The third kappa shape index (κ3) is 3.12. The van der Waals surface area contributed by atoms with Gasteiger partial charge >= 0.3 is 5.97 Å². The fraction of sp³-hybridized carbons (Fsp3) is 0.214. The zero-order chi connectivity index (χ0) is 15.5. The first kappa shape index (κ1) is 15.0. The first-order valence-electron chi connectivity index (χ1n) is 6.45. The molecule has 0 fully saturated rings. The van der Waals surface area contributed by atoms with Crippen LogP contribution in [0.25, 0.3) is 12.2 Å². The standard InChI is InChI=1S/C14H11BrN2O4S/c1-2-19-14(18)13-17-16-12(22-13)4-3-8-5-10-11(6-9(8)15)21-7-20-10/h3-6H,2,7H2,1H3. The molecule has 6 nitrogen and oxygen atoms in total. The number of benzene rings is 1. The number of fused-ring (bicyclic) bond motifs is 1. The number of aromatic nitrogens is 2. The molecule has 0 aliphatic carbocycles. The molecule has 3 rings (SSSR count). The minimum Gasteiger partial charge on any atom is -0.461 e. The van der Waals surface area contributed by atoms with Gasteiger partial charge in [0.2, 0.25) is 11.8 Å². The maximum atomic E-state index is 11.5. The minimum absolute atomic E-state index is 0.230. The van der Waals surface area contributed by atoms with Gasteiger partial charge in [-0.15, -0.1) is 10.2 Å². The molecule has 0 atom stereocenters. The van der Waals surface area contributed by atoms with Crippen LogP contribution in [0, 0.1) is 0 Å². The topological polar surface area (TPSA) is 70.5 Å². The highest BCUT2D eigenvalue weighted by molar-refractivity contribution is 9.10. The maximum Gasteiger partial charge on any atom is 0.369 e. The van der Waals surface area contributed by atoms with E-state index < -0.39 is 5.97 Å². The highest BCUT2D eigenvalue weighted by Crippen LogP contribution is 2.37. The van der Waals surface area contributed by atoms with Crippen LogP contribution in [0.2, 0.25) is 0 Å². The Labute approximate surface area is 138 Å². The van der Waals surface area contributed by atoms with Crippen LogP contribution < -0.4 is 9.47 Å². The van der Waals surface area contributed by atoms with Gasteiger partial charge in [-0.3, -0.25) is 0 Å². The van der Waals surface area contributed by atoms with Gasteiger partial charge in [-0.05, 0) is 30.7 Å². The Bertz CT molecular complexity index is 744. The second kappa shape index (κ2) is 6.45. The number of esters is 1. The molecule has 1 aliphatic heterocycles. The van der Waals surface area contributed by atoms with Gasteiger partial charge in [-0.2, -0.15) is 0 Å². The molecule has 0 radical (unpaired) electrons. The monoisotopic (exact) mass is 382 g/mol. The lowest BCUT2D eigenvalue weighted by molar-refractivity contribution is 0.0525. The van der Waals surface area contributed by atoms with Crippen LogP contribution in [0.1, 0.15) is 27.3 Å². The highest BCUT2D eigenvalue weighted by Gasteiger charge is 2.16. The Hall–Kier alpha value is -1.93. The van der Waals surface area contributed by atoms with Crippen molar-refractivity contribution in [3.63, 3.8) is 0 Å². The SMILES string of the molecule is CCOC(=O)c1nnc(C=Cc2cc3c(cc2Br)OCO3)s1. The van der Waals surface area contributed by atoms with E-state index in [1.807, 2.05) is 18.2 Å². The fourth-order valence-corrected chi connectivity index (χ4v) is 2.89. The molecule has 1 aliphatic rings. The maximum absolute atomic E-state index is 11.5. The summed E-state index contributed by atoms with van der Waals surface area (Å²) < 4.78 is 16.4. The average Bonchev–Trinajstić information content (AvgIpc) is 3.13. The lowest BCUT2D eigenvalue weighted by Gasteiger charge is -2.01. The first-order chi connectivity index (χ1) is 10.7. The van der Waals surface area contributed by atoms with E-state index in [1.54, 1.807) is 13.0 Å². The number of halogens is 1. The van der Waals surface area contributed by atoms with Gasteiger partial charge in [-0.25, -0.2) is 4.79 Å². The largest absolute Gasteiger partial charge is 0.461 e. The molecular formula is C14H11BrN2O4S. The third-order valence-electron chi connectivity index (χ3n) is 2.79. The van der Waals surface area contributed by atoms with E-state index in [0.29, 0.717) is 23.1 Å². The van der Waals surface area contributed by atoms with Crippen LogP contribution in [-0.2, 0) is 4.74 Å². The predicted molar refractivity (Wildman–Crippen MR) is 85.1 cm³/mol. The summed E-state index contributed by atoms with van der Waals surface area (Å²) in [5.74, 6) is 0.959. The van der Waals surface area contributed by atoms with E-state index in [4.69, 9.17) is 14.2 Å². The van der Waals surface area contributed by atoms with Crippen molar-refractivity contribution >= 4 is 45.4 Å². The van der Waals surface area contributed by atoms with Crippen molar-refractivity contribution in [2.75, 3.05) is 13.4 Å². The van der Waals surface area contributed by atoms with Crippen molar-refractivity contribution in [3.8, 4) is 11.5 Å². The molecule has 1 aromatic heterocycles. The summed E-state index contributed by atoms with van der Waals surface area (Å²) in [6.45, 7) is 2.29. The van der Waals surface area contributed by atoms with Gasteiger partial charge in [0.25, 0.3) is 0 Å². The number of hydrogen-bond donors (Lipinski definition) is 0. The van der Waals surface area contributed by atoms with Crippen LogP contribution in [0.15, 0.2) is 16.6 Å². The lowest BCUT2D eigenvalue weighted by atomic mass is 10.2. The Balaban J connectivity index is 1.78. The molecule has 2 heterocycles. The predicted octanol–water partition coefficient (Wildman–Crippen LogP) is 3.38. The van der Waals surface area contributed by atoms with Crippen molar-refractivity contribution < 1.29 is 19.0 Å². The summed E-state index contributed by atoms with van der Waals surface area (Å²) in [5, 5.41) is 8.62. The first-order valence-corrected chi connectivity index (χ1v) is 8.06. The number of carbonyl (C=O) groups is 1. The number of rotatable bonds is 4. The van der Waals surface area contributed by atoms with Crippen molar-refractivity contribution in [1.82, 2.24) is 10.2 Å². The van der Waals surface area contributed by atoms with E-state index in [1.165, 1.54) is 11.3 Å². The molecule has 0 N–H and O–H groups in total. The molecule has 22 heavy (non-hydrogen) atoms. The van der Waals surface area contributed by atoms with Gasteiger partial charge in [0.15, 0.2) is 11.5 Å². The van der Waals surface area contributed by atoms with Crippen LogP contribution >= 0.6 is 27.3 Å². The highest BCUT2D eigenvalue weighted by atomic mass is 79.9. The van der Waals surface area contributed by atoms with Crippen LogP contribution in [0.4, 0.5) is 0 Å². The third-order valence-corrected chi connectivity index (χ3v) is 4.34. The zero-order valence-electron chi connectivity index (χ0n) is 11.5. The molecule has 2 aromatic rings. The molecule has 114 valence electrons. The smallest absolute Gasteiger partial charge is 0.369 e. The van der Waals surface area contributed by atoms with E-state index in [2.05, 4.69) is 26.1 Å². The molecule has 8 heteroatoms. The summed E-state index contributed by atoms with van der Waals surface area (Å²) in [6, 6.07) is 3.72. The van der Waals surface area contributed by atoms with Gasteiger partial charge in [0, 0.05) is 4.47 Å². The molecule has 0 unspecified atom stereocenters. The Morgan fingerprint density at radius 2 is 2.14 bits per heavy atom. The number of nitrogens with zero attached hydrogens (tertiary/aromatic N) is 2.